The van der Waals surface area contributed by atoms with Crippen molar-refractivity contribution in [2.45, 2.75) is 66.7 Å². The van der Waals surface area contributed by atoms with Crippen molar-refractivity contribution in [3.63, 3.8) is 0 Å². The fourth-order valence-corrected chi connectivity index (χ4v) is 6.92. The Balaban J connectivity index is 1.73. The van der Waals surface area contributed by atoms with Gasteiger partial charge in [0.25, 0.3) is 0 Å². The first-order valence-electron chi connectivity index (χ1n) is 18.4. The molecular weight excluding hydrogens is 617 g/mol. The van der Waals surface area contributed by atoms with E-state index in [9.17, 15) is 0 Å². The van der Waals surface area contributed by atoms with E-state index in [4.69, 9.17) is 0 Å². The zero-order chi connectivity index (χ0) is 36.1. The van der Waals surface area contributed by atoms with Crippen molar-refractivity contribution in [1.82, 2.24) is 0 Å². The van der Waals surface area contributed by atoms with E-state index in [1.807, 2.05) is 6.08 Å². The van der Waals surface area contributed by atoms with Crippen LogP contribution in [0.2, 0.25) is 0 Å². The number of anilines is 5. The van der Waals surface area contributed by atoms with E-state index in [2.05, 4.69) is 198 Å². The molecule has 258 valence electrons. The van der Waals surface area contributed by atoms with E-state index in [0.717, 1.165) is 30.8 Å². The summed E-state index contributed by atoms with van der Waals surface area (Å²) in [6.07, 6.45) is 10.5. The van der Waals surface area contributed by atoms with Gasteiger partial charge in [0, 0.05) is 45.2 Å². The van der Waals surface area contributed by atoms with Gasteiger partial charge in [-0.15, -0.1) is 0 Å². The number of benzene rings is 6. The molecule has 0 atom stereocenters. The molecule has 0 aliphatic carbocycles. The van der Waals surface area contributed by atoms with Crippen molar-refractivity contribution < 1.29 is 0 Å². The van der Waals surface area contributed by atoms with Gasteiger partial charge >= 0.3 is 0 Å². The number of rotatable bonds is 11. The molecule has 6 rings (SSSR count). The molecule has 0 radical (unpaired) electrons. The molecule has 0 aliphatic rings. The lowest BCUT2D eigenvalue weighted by molar-refractivity contribution is 0.591. The van der Waals surface area contributed by atoms with Crippen LogP contribution in [0.1, 0.15) is 63.3 Å². The topological polar surface area (TPSA) is 6.48 Å². The van der Waals surface area contributed by atoms with Crippen molar-refractivity contribution in [3.05, 3.63) is 174 Å². The highest BCUT2D eigenvalue weighted by Crippen LogP contribution is 2.50. The molecule has 0 bridgehead atoms. The Labute approximate surface area is 306 Å². The Kier molecular flexibility index (Phi) is 10.6. The van der Waals surface area contributed by atoms with Crippen molar-refractivity contribution >= 4 is 50.0 Å². The van der Waals surface area contributed by atoms with Crippen LogP contribution in [0.3, 0.4) is 0 Å². The van der Waals surface area contributed by atoms with E-state index in [1.165, 1.54) is 66.4 Å². The average Bonchev–Trinajstić information content (AvgIpc) is 3.14. The van der Waals surface area contributed by atoms with Crippen molar-refractivity contribution in [3.8, 4) is 0 Å². The summed E-state index contributed by atoms with van der Waals surface area (Å²) in [5, 5.41) is 4.90. The SMILES string of the molecule is C=C/C=C(\C=C/CN(c1ccc(C)cc1)c1c2ccccc2c(N(c2ccc(C)cc2)c2ccc(CC)cc2)c2cc(C(C)(C)C)ccc12)CC. The van der Waals surface area contributed by atoms with Gasteiger partial charge < -0.3 is 9.80 Å². The fourth-order valence-electron chi connectivity index (χ4n) is 6.92. The van der Waals surface area contributed by atoms with Crippen molar-refractivity contribution in [1.29, 1.82) is 0 Å². The van der Waals surface area contributed by atoms with Gasteiger partial charge in [-0.2, -0.15) is 0 Å². The summed E-state index contributed by atoms with van der Waals surface area (Å²) in [6.45, 7) is 20.3. The Morgan fingerprint density at radius 3 is 1.75 bits per heavy atom. The average molecular weight is 669 g/mol. The molecule has 0 heterocycles. The second-order valence-corrected chi connectivity index (χ2v) is 14.6. The Bertz CT molecular complexity index is 2190. The molecule has 51 heavy (non-hydrogen) atoms. The molecule has 0 unspecified atom stereocenters. The van der Waals surface area contributed by atoms with Gasteiger partial charge in [0.1, 0.15) is 0 Å². The van der Waals surface area contributed by atoms with Crippen LogP contribution in [-0.4, -0.2) is 6.54 Å². The van der Waals surface area contributed by atoms with Gasteiger partial charge in [0.2, 0.25) is 0 Å². The van der Waals surface area contributed by atoms with E-state index < -0.39 is 0 Å². The normalized spacial score (nSPS) is 12.2. The zero-order valence-electron chi connectivity index (χ0n) is 31.5. The summed E-state index contributed by atoms with van der Waals surface area (Å²) >= 11 is 0. The minimum atomic E-state index is -0.0256. The molecule has 0 spiro atoms. The number of hydrogen-bond acceptors (Lipinski definition) is 2. The maximum atomic E-state index is 3.94. The third kappa shape index (κ3) is 7.56. The first-order chi connectivity index (χ1) is 24.6. The minimum absolute atomic E-state index is 0.0256. The molecule has 6 aromatic rings. The van der Waals surface area contributed by atoms with Crippen LogP contribution in [-0.2, 0) is 11.8 Å². The lowest BCUT2D eigenvalue weighted by Crippen LogP contribution is -2.19. The second-order valence-electron chi connectivity index (χ2n) is 14.6. The molecule has 2 nitrogen and oxygen atoms in total. The molecule has 0 saturated carbocycles. The summed E-state index contributed by atoms with van der Waals surface area (Å²) in [5.74, 6) is 0. The standard InChI is InChI=1S/C49H52N2/c1-9-15-37(10-2)16-14-33-50(40-26-19-35(4)20-27-40)47-43-17-12-13-18-44(43)48(46-34-39(49(6,7)8)25-32-45(46)47)51(41-28-21-36(5)22-29-41)42-30-23-38(11-3)24-31-42/h9,12-32,34H,1,10-11,33H2,2-8H3/b16-14-,37-15-. The Hall–Kier alpha value is -5.34. The Morgan fingerprint density at radius 1 is 0.647 bits per heavy atom. The number of allylic oxidation sites excluding steroid dienone is 4. The summed E-state index contributed by atoms with van der Waals surface area (Å²) < 4.78 is 0. The van der Waals surface area contributed by atoms with Crippen LogP contribution in [0.5, 0.6) is 0 Å². The predicted molar refractivity (Wildman–Crippen MR) is 225 cm³/mol. The van der Waals surface area contributed by atoms with Crippen LogP contribution in [0.4, 0.5) is 28.4 Å². The van der Waals surface area contributed by atoms with Gasteiger partial charge in [0.05, 0.1) is 11.4 Å². The molecule has 0 N–H and O–H groups in total. The molecule has 0 saturated heterocycles. The lowest BCUT2D eigenvalue weighted by Gasteiger charge is -2.33. The van der Waals surface area contributed by atoms with Gasteiger partial charge in [-0.05, 0) is 91.3 Å². The lowest BCUT2D eigenvalue weighted by atomic mass is 9.84. The second kappa shape index (κ2) is 15.3. The maximum absolute atomic E-state index is 3.94. The first kappa shape index (κ1) is 35.5. The molecule has 0 aliphatic heterocycles. The molecule has 2 heteroatoms. The smallest absolute Gasteiger partial charge is 0.0620 e. The van der Waals surface area contributed by atoms with Crippen molar-refractivity contribution in [2.24, 2.45) is 0 Å². The van der Waals surface area contributed by atoms with Crippen molar-refractivity contribution in [2.75, 3.05) is 16.3 Å². The highest BCUT2D eigenvalue weighted by molar-refractivity contribution is 6.22. The Morgan fingerprint density at radius 2 is 1.20 bits per heavy atom. The zero-order valence-corrected chi connectivity index (χ0v) is 31.5. The quantitative estimate of drug-likeness (QED) is 0.0770. The first-order valence-corrected chi connectivity index (χ1v) is 18.4. The monoisotopic (exact) mass is 668 g/mol. The fraction of sp³-hybridized carbons (Fsp3) is 0.224. The van der Waals surface area contributed by atoms with E-state index in [-0.39, 0.29) is 5.41 Å². The molecule has 0 fully saturated rings. The minimum Gasteiger partial charge on any atom is -0.337 e. The third-order valence-corrected chi connectivity index (χ3v) is 9.93. The number of hydrogen-bond donors (Lipinski definition) is 0. The van der Waals surface area contributed by atoms with Crippen LogP contribution < -0.4 is 9.80 Å². The van der Waals surface area contributed by atoms with Crippen LogP contribution in [0.25, 0.3) is 21.5 Å². The highest BCUT2D eigenvalue weighted by Gasteiger charge is 2.26. The summed E-state index contributed by atoms with van der Waals surface area (Å²) in [4.78, 5) is 4.97. The summed E-state index contributed by atoms with van der Waals surface area (Å²) in [6, 6.07) is 43.2. The third-order valence-electron chi connectivity index (χ3n) is 9.93. The number of fused-ring (bicyclic) bond motifs is 2. The van der Waals surface area contributed by atoms with Gasteiger partial charge in [-0.25, -0.2) is 0 Å². The predicted octanol–water partition coefficient (Wildman–Crippen LogP) is 14.2. The summed E-state index contributed by atoms with van der Waals surface area (Å²) in [7, 11) is 0. The number of aryl methyl sites for hydroxylation is 3. The number of nitrogens with zero attached hydrogens (tertiary/aromatic N) is 2. The molecule has 0 amide bonds. The summed E-state index contributed by atoms with van der Waals surface area (Å²) in [5.41, 5.74) is 12.2. The molecule has 6 aromatic carbocycles. The van der Waals surface area contributed by atoms with Gasteiger partial charge in [-0.1, -0.05) is 149 Å². The largest absolute Gasteiger partial charge is 0.337 e. The van der Waals surface area contributed by atoms with Crippen LogP contribution in [0.15, 0.2) is 152 Å². The highest BCUT2D eigenvalue weighted by atomic mass is 15.2. The van der Waals surface area contributed by atoms with Crippen LogP contribution >= 0.6 is 0 Å². The van der Waals surface area contributed by atoms with E-state index in [1.54, 1.807) is 0 Å². The molecular formula is C49H52N2. The molecule has 0 aromatic heterocycles. The maximum Gasteiger partial charge on any atom is 0.0620 e. The van der Waals surface area contributed by atoms with Crippen LogP contribution in [0, 0.1) is 13.8 Å². The van der Waals surface area contributed by atoms with E-state index in [0.29, 0.717) is 0 Å². The van der Waals surface area contributed by atoms with Gasteiger partial charge in [0.15, 0.2) is 0 Å². The van der Waals surface area contributed by atoms with Gasteiger partial charge in [-0.3, -0.25) is 0 Å². The van der Waals surface area contributed by atoms with E-state index >= 15 is 0 Å².